The van der Waals surface area contributed by atoms with Crippen LogP contribution in [0.4, 0.5) is 10.8 Å². The second kappa shape index (κ2) is 7.56. The first-order valence-electron chi connectivity index (χ1n) is 7.90. The van der Waals surface area contributed by atoms with Gasteiger partial charge in [-0.1, -0.05) is 47.4 Å². The van der Waals surface area contributed by atoms with E-state index in [1.165, 1.54) is 40.0 Å². The molecule has 0 aliphatic carbocycles. The first-order chi connectivity index (χ1) is 12.7. The van der Waals surface area contributed by atoms with Gasteiger partial charge in [0.1, 0.15) is 0 Å². The molecular formula is C17H14N4O2S3. The molecule has 0 spiro atoms. The van der Waals surface area contributed by atoms with Gasteiger partial charge >= 0.3 is 0 Å². The predicted molar refractivity (Wildman–Crippen MR) is 105 cm³/mol. The molecule has 0 unspecified atom stereocenters. The van der Waals surface area contributed by atoms with Crippen LogP contribution in [0.1, 0.15) is 15.2 Å². The molecule has 4 rings (SSSR count). The molecule has 1 N–H and O–H groups in total. The van der Waals surface area contributed by atoms with Gasteiger partial charge in [0.2, 0.25) is 11.0 Å². The smallest absolute Gasteiger partial charge is 0.267 e. The van der Waals surface area contributed by atoms with Gasteiger partial charge in [0.25, 0.3) is 5.91 Å². The Labute approximate surface area is 162 Å². The standard InChI is InChI=1S/C17H14N4O2S3/c22-14(21-8-7-11-4-1-2-5-12(11)21)10-25-17-20-19-16(26-17)18-15(23)13-6-3-9-24-13/h1-6,9H,7-8,10H2,(H,18,19,23). The summed E-state index contributed by atoms with van der Waals surface area (Å²) in [6.45, 7) is 0.719. The van der Waals surface area contributed by atoms with Crippen molar-refractivity contribution in [1.82, 2.24) is 10.2 Å². The average molecular weight is 403 g/mol. The second-order valence-electron chi connectivity index (χ2n) is 5.52. The number of thioether (sulfide) groups is 1. The molecule has 132 valence electrons. The number of fused-ring (bicyclic) bond motifs is 1. The third-order valence-electron chi connectivity index (χ3n) is 3.88. The molecule has 9 heteroatoms. The Balaban J connectivity index is 1.34. The summed E-state index contributed by atoms with van der Waals surface area (Å²) in [4.78, 5) is 27.0. The summed E-state index contributed by atoms with van der Waals surface area (Å²) in [7, 11) is 0. The Bertz CT molecular complexity index is 939. The molecule has 2 aromatic heterocycles. The highest BCUT2D eigenvalue weighted by Crippen LogP contribution is 2.30. The molecule has 1 aliphatic heterocycles. The number of hydrogen-bond donors (Lipinski definition) is 1. The van der Waals surface area contributed by atoms with E-state index in [1.807, 2.05) is 34.5 Å². The summed E-state index contributed by atoms with van der Waals surface area (Å²) in [5.74, 6) is 0.152. The van der Waals surface area contributed by atoms with E-state index in [0.29, 0.717) is 20.1 Å². The van der Waals surface area contributed by atoms with E-state index in [1.54, 1.807) is 6.07 Å². The minimum atomic E-state index is -0.197. The zero-order chi connectivity index (χ0) is 17.9. The fourth-order valence-corrected chi connectivity index (χ4v) is 4.93. The van der Waals surface area contributed by atoms with Gasteiger partial charge in [-0.15, -0.1) is 21.5 Å². The number of benzene rings is 1. The maximum Gasteiger partial charge on any atom is 0.267 e. The third-order valence-corrected chi connectivity index (χ3v) is 6.70. The van der Waals surface area contributed by atoms with E-state index in [-0.39, 0.29) is 11.8 Å². The highest BCUT2D eigenvalue weighted by Gasteiger charge is 2.24. The van der Waals surface area contributed by atoms with Crippen molar-refractivity contribution in [2.45, 2.75) is 10.8 Å². The quantitative estimate of drug-likeness (QED) is 0.522. The lowest BCUT2D eigenvalue weighted by Gasteiger charge is -2.16. The van der Waals surface area contributed by atoms with Crippen LogP contribution < -0.4 is 10.2 Å². The number of aromatic nitrogens is 2. The van der Waals surface area contributed by atoms with E-state index < -0.39 is 0 Å². The van der Waals surface area contributed by atoms with Crippen LogP contribution in [-0.4, -0.2) is 34.3 Å². The lowest BCUT2D eigenvalue weighted by molar-refractivity contribution is -0.116. The summed E-state index contributed by atoms with van der Waals surface area (Å²) in [6.07, 6.45) is 0.893. The Morgan fingerprint density at radius 3 is 2.92 bits per heavy atom. The van der Waals surface area contributed by atoms with Crippen molar-refractivity contribution in [2.75, 3.05) is 22.5 Å². The van der Waals surface area contributed by atoms with Gasteiger partial charge in [-0.05, 0) is 29.5 Å². The predicted octanol–water partition coefficient (Wildman–Crippen LogP) is 3.53. The molecule has 0 saturated carbocycles. The Kier molecular flexibility index (Phi) is 5.00. The minimum absolute atomic E-state index is 0.0549. The summed E-state index contributed by atoms with van der Waals surface area (Å²) in [5, 5.41) is 13.0. The zero-order valence-corrected chi connectivity index (χ0v) is 16.0. The topological polar surface area (TPSA) is 75.2 Å². The van der Waals surface area contributed by atoms with Gasteiger partial charge in [0.05, 0.1) is 10.6 Å². The molecule has 0 fully saturated rings. The SMILES string of the molecule is O=C(Nc1nnc(SCC(=O)N2CCc3ccccc32)s1)c1cccs1. The number of para-hydroxylation sites is 1. The second-order valence-corrected chi connectivity index (χ2v) is 8.66. The molecule has 3 aromatic rings. The van der Waals surface area contributed by atoms with Gasteiger partial charge in [0, 0.05) is 12.2 Å². The first-order valence-corrected chi connectivity index (χ1v) is 10.6. The number of rotatable bonds is 5. The number of amides is 2. The summed E-state index contributed by atoms with van der Waals surface area (Å²) >= 11 is 3.98. The Morgan fingerprint density at radius 1 is 1.19 bits per heavy atom. The zero-order valence-electron chi connectivity index (χ0n) is 13.5. The molecule has 1 aliphatic rings. The number of hydrogen-bond acceptors (Lipinski definition) is 7. The van der Waals surface area contributed by atoms with Gasteiger partial charge < -0.3 is 4.90 Å². The molecule has 0 atom stereocenters. The summed E-state index contributed by atoms with van der Waals surface area (Å²) in [6, 6.07) is 11.6. The van der Waals surface area contributed by atoms with Crippen molar-refractivity contribution in [3.05, 3.63) is 52.2 Å². The number of carbonyl (C=O) groups is 2. The fourth-order valence-electron chi connectivity index (χ4n) is 2.68. The molecule has 6 nitrogen and oxygen atoms in total. The highest BCUT2D eigenvalue weighted by molar-refractivity contribution is 8.01. The number of anilines is 2. The van der Waals surface area contributed by atoms with Crippen molar-refractivity contribution in [1.29, 1.82) is 0 Å². The van der Waals surface area contributed by atoms with Crippen LogP contribution in [0.5, 0.6) is 0 Å². The molecule has 26 heavy (non-hydrogen) atoms. The Morgan fingerprint density at radius 2 is 2.08 bits per heavy atom. The number of nitrogens with one attached hydrogen (secondary N) is 1. The maximum atomic E-state index is 12.5. The first kappa shape index (κ1) is 17.2. The van der Waals surface area contributed by atoms with Crippen molar-refractivity contribution in [2.24, 2.45) is 0 Å². The molecule has 0 bridgehead atoms. The van der Waals surface area contributed by atoms with E-state index in [9.17, 15) is 9.59 Å². The van der Waals surface area contributed by atoms with Gasteiger partial charge in [-0.25, -0.2) is 0 Å². The third kappa shape index (κ3) is 3.64. The highest BCUT2D eigenvalue weighted by atomic mass is 32.2. The van der Waals surface area contributed by atoms with Crippen LogP contribution >= 0.6 is 34.4 Å². The molecule has 3 heterocycles. The van der Waals surface area contributed by atoms with Crippen LogP contribution in [0.2, 0.25) is 0 Å². The molecule has 0 radical (unpaired) electrons. The van der Waals surface area contributed by atoms with Crippen molar-refractivity contribution >= 4 is 57.1 Å². The van der Waals surface area contributed by atoms with E-state index >= 15 is 0 Å². The monoisotopic (exact) mass is 402 g/mol. The van der Waals surface area contributed by atoms with Gasteiger partial charge in [-0.2, -0.15) is 0 Å². The lowest BCUT2D eigenvalue weighted by atomic mass is 10.2. The number of carbonyl (C=O) groups excluding carboxylic acids is 2. The lowest BCUT2D eigenvalue weighted by Crippen LogP contribution is -2.30. The summed E-state index contributed by atoms with van der Waals surface area (Å²) in [5.41, 5.74) is 2.21. The number of thiophene rings is 1. The van der Waals surface area contributed by atoms with Crippen molar-refractivity contribution in [3.8, 4) is 0 Å². The van der Waals surface area contributed by atoms with E-state index in [0.717, 1.165) is 18.7 Å². The molecule has 0 saturated heterocycles. The van der Waals surface area contributed by atoms with Crippen LogP contribution in [0.3, 0.4) is 0 Å². The maximum absolute atomic E-state index is 12.5. The van der Waals surface area contributed by atoms with E-state index in [2.05, 4.69) is 21.6 Å². The van der Waals surface area contributed by atoms with Crippen molar-refractivity contribution < 1.29 is 9.59 Å². The van der Waals surface area contributed by atoms with Crippen LogP contribution in [0, 0.1) is 0 Å². The van der Waals surface area contributed by atoms with Gasteiger partial charge in [0.15, 0.2) is 4.34 Å². The minimum Gasteiger partial charge on any atom is -0.311 e. The van der Waals surface area contributed by atoms with Gasteiger partial charge in [-0.3, -0.25) is 14.9 Å². The van der Waals surface area contributed by atoms with Crippen LogP contribution in [0.15, 0.2) is 46.1 Å². The largest absolute Gasteiger partial charge is 0.311 e. The van der Waals surface area contributed by atoms with Crippen LogP contribution in [0.25, 0.3) is 0 Å². The molecular weight excluding hydrogens is 388 g/mol. The molecule has 1 aromatic carbocycles. The Hall–Kier alpha value is -2.23. The molecule has 2 amide bonds. The van der Waals surface area contributed by atoms with Crippen molar-refractivity contribution in [3.63, 3.8) is 0 Å². The normalized spacial score (nSPS) is 12.8. The van der Waals surface area contributed by atoms with Crippen LogP contribution in [-0.2, 0) is 11.2 Å². The number of nitrogens with zero attached hydrogens (tertiary/aromatic N) is 3. The fraction of sp³-hybridized carbons (Fsp3) is 0.176. The summed E-state index contributed by atoms with van der Waals surface area (Å²) < 4.78 is 0.660. The van der Waals surface area contributed by atoms with E-state index in [4.69, 9.17) is 0 Å². The average Bonchev–Trinajstić information content (AvgIpc) is 3.39.